The van der Waals surface area contributed by atoms with Crippen LogP contribution in [0.1, 0.15) is 73.9 Å². The number of anilines is 1. The first kappa shape index (κ1) is 42.4. The molecule has 4 heterocycles. The number of amides is 1. The van der Waals surface area contributed by atoms with Crippen LogP contribution in [0.25, 0.3) is 0 Å². The molecule has 57 heavy (non-hydrogen) atoms. The van der Waals surface area contributed by atoms with E-state index < -0.39 is 36.8 Å². The summed E-state index contributed by atoms with van der Waals surface area (Å²) in [4.78, 5) is 20.8. The van der Waals surface area contributed by atoms with Crippen LogP contribution in [-0.4, -0.2) is 133 Å². The number of benzene rings is 2. The molecule has 7 rings (SSSR count). The molecule has 1 aliphatic carbocycles. The highest BCUT2D eigenvalue weighted by Crippen LogP contribution is 2.47. The molecule has 7 atom stereocenters. The maximum Gasteiger partial charge on any atom is 0.264 e. The molecule has 314 valence electrons. The van der Waals surface area contributed by atoms with E-state index in [9.17, 15) is 21.6 Å². The first-order valence-electron chi connectivity index (χ1n) is 20.6. The molecule has 3 fully saturated rings. The Kier molecular flexibility index (Phi) is 12.7. The van der Waals surface area contributed by atoms with E-state index in [1.165, 1.54) is 17.4 Å². The number of rotatable bonds is 7. The average Bonchev–Trinajstić information content (AvgIpc) is 3.34. The maximum atomic E-state index is 13.6. The zero-order valence-electron chi connectivity index (χ0n) is 34.0. The van der Waals surface area contributed by atoms with Crippen LogP contribution < -0.4 is 14.4 Å². The normalized spacial score (nSPS) is 32.2. The quantitative estimate of drug-likeness (QED) is 0.381. The molecule has 1 amide bonds. The number of aryl methyl sites for hydroxylation is 1. The molecule has 2 aromatic carbocycles. The van der Waals surface area contributed by atoms with E-state index in [-0.39, 0.29) is 35.3 Å². The molecule has 4 aliphatic heterocycles. The third-order valence-corrected chi connectivity index (χ3v) is 16.9. The van der Waals surface area contributed by atoms with Gasteiger partial charge in [-0.25, -0.2) is 21.6 Å². The number of nitrogens with zero attached hydrogens (tertiary/aromatic N) is 4. The van der Waals surface area contributed by atoms with E-state index in [1.807, 2.05) is 13.0 Å². The average molecular weight is 847 g/mol. The summed E-state index contributed by atoms with van der Waals surface area (Å²) in [7, 11) is -5.51. The van der Waals surface area contributed by atoms with Crippen molar-refractivity contribution in [1.82, 2.24) is 18.8 Å². The number of allylic oxidation sites excluding steroid dienone is 1. The van der Waals surface area contributed by atoms with Gasteiger partial charge in [0.05, 0.1) is 23.8 Å². The molecule has 2 bridgehead atoms. The van der Waals surface area contributed by atoms with Crippen LogP contribution in [0.5, 0.6) is 5.75 Å². The van der Waals surface area contributed by atoms with Crippen molar-refractivity contribution in [3.8, 4) is 5.75 Å². The van der Waals surface area contributed by atoms with Crippen molar-refractivity contribution in [3.63, 3.8) is 0 Å². The molecule has 2 saturated heterocycles. The summed E-state index contributed by atoms with van der Waals surface area (Å²) in [5, 5.41) is -0.124. The predicted octanol–water partition coefficient (Wildman–Crippen LogP) is 4.99. The second-order valence-electron chi connectivity index (χ2n) is 17.1. The van der Waals surface area contributed by atoms with Gasteiger partial charge >= 0.3 is 0 Å². The lowest BCUT2D eigenvalue weighted by Crippen LogP contribution is -2.65. The van der Waals surface area contributed by atoms with Crippen LogP contribution in [0.15, 0.2) is 48.6 Å². The standard InChI is InChI=1S/C42H60ClN5O7S2/c1-6-8-31-21-35(43)12-13-37(31)34-24-47-23-33-10-14-38(33)42(54-4,28-45-17-18-46-19-20-48(56(5,50)51)26-36(46)25-45)16-7-9-29(2)30(3)57(52,53)44-41(49)32-11-15-40(55-27-34)39(47)22-32/h7,11-13,15-16,21-22,29-30,33-34,36,38H,6,8-10,14,17-20,23-28H2,1-5H3,(H,44,49)/b16-7+/t29-,30+,33-,34-,36-,38+,42-/m0/s1. The Labute approximate surface area is 345 Å². The van der Waals surface area contributed by atoms with E-state index in [0.29, 0.717) is 56.5 Å². The topological polar surface area (TPSA) is 129 Å². The van der Waals surface area contributed by atoms with E-state index in [0.717, 1.165) is 57.5 Å². The van der Waals surface area contributed by atoms with Crippen molar-refractivity contribution in [1.29, 1.82) is 0 Å². The number of piperazine rings is 2. The molecule has 15 heteroatoms. The SMILES string of the molecule is CCCc1cc(Cl)ccc1[C@@H]1COc2ccc3cc2N(C1)C[C@@H]1CC[C@H]1[C@](CN1CCN2CCN(S(C)(=O)=O)C[C@@H]2C1)(OC)/C=C/C[C@H](C)[C@@H](C)S(=O)(=O)NC3=O. The van der Waals surface area contributed by atoms with Crippen molar-refractivity contribution >= 4 is 43.2 Å². The molecule has 0 radical (unpaired) electrons. The van der Waals surface area contributed by atoms with E-state index in [4.69, 9.17) is 21.1 Å². The van der Waals surface area contributed by atoms with Gasteiger partial charge < -0.3 is 14.4 Å². The van der Waals surface area contributed by atoms with Gasteiger partial charge in [0.1, 0.15) is 11.4 Å². The summed E-state index contributed by atoms with van der Waals surface area (Å²) >= 11 is 6.50. The second kappa shape index (κ2) is 17.1. The smallest absolute Gasteiger partial charge is 0.264 e. The highest BCUT2D eigenvalue weighted by atomic mass is 35.5. The van der Waals surface area contributed by atoms with E-state index >= 15 is 0 Å². The van der Waals surface area contributed by atoms with Crippen LogP contribution in [0.4, 0.5) is 5.69 Å². The predicted molar refractivity (Wildman–Crippen MR) is 225 cm³/mol. The minimum absolute atomic E-state index is 0.0192. The van der Waals surface area contributed by atoms with Crippen LogP contribution >= 0.6 is 11.6 Å². The Morgan fingerprint density at radius 1 is 1.02 bits per heavy atom. The van der Waals surface area contributed by atoms with Crippen LogP contribution in [0, 0.1) is 17.8 Å². The van der Waals surface area contributed by atoms with Gasteiger partial charge in [0.15, 0.2) is 0 Å². The first-order chi connectivity index (χ1) is 27.1. The number of fused-ring (bicyclic) bond motifs is 3. The third-order valence-electron chi connectivity index (χ3n) is 13.5. The van der Waals surface area contributed by atoms with Gasteiger partial charge in [-0.2, -0.15) is 4.31 Å². The van der Waals surface area contributed by atoms with Gasteiger partial charge in [-0.3, -0.25) is 14.6 Å². The molecule has 0 aromatic heterocycles. The summed E-state index contributed by atoms with van der Waals surface area (Å²) in [6, 6.07) is 11.5. The summed E-state index contributed by atoms with van der Waals surface area (Å²) in [5.74, 6) is 0.154. The van der Waals surface area contributed by atoms with Crippen LogP contribution in [-0.2, 0) is 31.2 Å². The Hall–Kier alpha value is -2.72. The number of sulfonamides is 2. The minimum atomic E-state index is -4.01. The largest absolute Gasteiger partial charge is 0.491 e. The molecule has 12 nitrogen and oxygen atoms in total. The van der Waals surface area contributed by atoms with Gasteiger partial charge in [0.25, 0.3) is 5.91 Å². The summed E-state index contributed by atoms with van der Waals surface area (Å²) in [5.41, 5.74) is 2.77. The Morgan fingerprint density at radius 3 is 2.53 bits per heavy atom. The van der Waals surface area contributed by atoms with Crippen molar-refractivity contribution < 1.29 is 31.1 Å². The third kappa shape index (κ3) is 9.07. The Morgan fingerprint density at radius 2 is 1.81 bits per heavy atom. The molecule has 5 aliphatic rings. The highest BCUT2D eigenvalue weighted by Gasteiger charge is 2.49. The fourth-order valence-corrected chi connectivity index (χ4v) is 12.1. The van der Waals surface area contributed by atoms with E-state index in [2.05, 4.69) is 50.6 Å². The van der Waals surface area contributed by atoms with Gasteiger partial charge in [0.2, 0.25) is 20.0 Å². The van der Waals surface area contributed by atoms with Gasteiger partial charge in [0, 0.05) is 88.6 Å². The number of ether oxygens (including phenoxy) is 2. The molecule has 1 saturated carbocycles. The number of nitrogens with one attached hydrogen (secondary N) is 1. The molecule has 2 aromatic rings. The fourth-order valence-electron chi connectivity index (χ4n) is 9.79. The lowest BCUT2D eigenvalue weighted by atomic mass is 9.63. The maximum absolute atomic E-state index is 13.6. The zero-order chi connectivity index (χ0) is 40.7. The monoisotopic (exact) mass is 845 g/mol. The number of hydrogen-bond acceptors (Lipinski definition) is 10. The highest BCUT2D eigenvalue weighted by molar-refractivity contribution is 7.90. The number of carbonyl (C=O) groups excluding carboxylic acids is 1. The lowest BCUT2D eigenvalue weighted by Gasteiger charge is -2.53. The minimum Gasteiger partial charge on any atom is -0.491 e. The first-order valence-corrected chi connectivity index (χ1v) is 24.4. The van der Waals surface area contributed by atoms with Crippen molar-refractivity contribution in [2.45, 2.75) is 75.7 Å². The molecule has 1 N–H and O–H groups in total. The summed E-state index contributed by atoms with van der Waals surface area (Å²) in [6.07, 6.45) is 9.90. The number of carbonyl (C=O) groups is 1. The molecule has 0 unspecified atom stereocenters. The van der Waals surface area contributed by atoms with Crippen molar-refractivity contribution in [3.05, 3.63) is 70.3 Å². The molecule has 0 spiro atoms. The Balaban J connectivity index is 1.25. The Bertz CT molecular complexity index is 2050. The number of methoxy groups -OCH3 is 1. The second-order valence-corrected chi connectivity index (χ2v) is 21.6. The summed E-state index contributed by atoms with van der Waals surface area (Å²) < 4.78 is 69.6. The molecular formula is C42H60ClN5O7S2. The fraction of sp³-hybridized carbons (Fsp3) is 0.643. The van der Waals surface area contributed by atoms with Crippen LogP contribution in [0.3, 0.4) is 0 Å². The van der Waals surface area contributed by atoms with E-state index in [1.54, 1.807) is 36.5 Å². The zero-order valence-corrected chi connectivity index (χ0v) is 36.4. The van der Waals surface area contributed by atoms with Gasteiger partial charge in [-0.1, -0.05) is 50.1 Å². The molecular weight excluding hydrogens is 786 g/mol. The van der Waals surface area contributed by atoms with Crippen LogP contribution in [0.2, 0.25) is 5.02 Å². The van der Waals surface area contributed by atoms with Gasteiger partial charge in [-0.05, 0) is 91.8 Å². The summed E-state index contributed by atoms with van der Waals surface area (Å²) in [6.45, 7) is 12.3. The van der Waals surface area contributed by atoms with Crippen molar-refractivity contribution in [2.75, 3.05) is 83.8 Å². The number of hydrogen-bond donors (Lipinski definition) is 1. The number of halogens is 1. The van der Waals surface area contributed by atoms with Crippen molar-refractivity contribution in [2.24, 2.45) is 17.8 Å². The lowest BCUT2D eigenvalue weighted by molar-refractivity contribution is -0.101. The van der Waals surface area contributed by atoms with Gasteiger partial charge in [-0.15, -0.1) is 0 Å².